The average molecular weight is 322 g/mol. The molecule has 0 aliphatic heterocycles. The summed E-state index contributed by atoms with van der Waals surface area (Å²) in [5.41, 5.74) is 7.55. The van der Waals surface area contributed by atoms with E-state index in [2.05, 4.69) is 22.2 Å². The third-order valence-electron chi connectivity index (χ3n) is 3.94. The van der Waals surface area contributed by atoms with E-state index in [1.807, 2.05) is 36.4 Å². The van der Waals surface area contributed by atoms with Crippen LogP contribution in [-0.2, 0) is 0 Å². The van der Waals surface area contributed by atoms with Crippen molar-refractivity contribution in [1.29, 1.82) is 0 Å². The van der Waals surface area contributed by atoms with Crippen LogP contribution in [0.1, 0.15) is 19.8 Å². The number of nitrogens with one attached hydrogen (secondary N) is 1. The number of aromatic nitrogens is 2. The van der Waals surface area contributed by atoms with Gasteiger partial charge >= 0.3 is 0 Å². The van der Waals surface area contributed by atoms with E-state index in [-0.39, 0.29) is 11.8 Å². The highest BCUT2D eigenvalue weighted by atomic mass is 16.3. The Bertz CT molecular complexity index is 834. The lowest BCUT2D eigenvalue weighted by Gasteiger charge is -2.15. The minimum absolute atomic E-state index is 0.0808. The number of aromatic hydroxyl groups is 1. The molecular formula is C19H22N4O. The fraction of sp³-hybridized carbons (Fsp3) is 0.263. The molecule has 0 aliphatic rings. The summed E-state index contributed by atoms with van der Waals surface area (Å²) < 4.78 is 0. The lowest BCUT2D eigenvalue weighted by Crippen LogP contribution is -2.29. The van der Waals surface area contributed by atoms with Crippen molar-refractivity contribution in [2.45, 2.75) is 25.8 Å². The Labute approximate surface area is 141 Å². The number of rotatable bonds is 6. The van der Waals surface area contributed by atoms with E-state index in [9.17, 15) is 5.11 Å². The summed E-state index contributed by atoms with van der Waals surface area (Å²) in [6.45, 7) is 2.77. The summed E-state index contributed by atoms with van der Waals surface area (Å²) in [5, 5.41) is 14.4. The predicted molar refractivity (Wildman–Crippen MR) is 98.0 cm³/mol. The zero-order valence-corrected chi connectivity index (χ0v) is 13.7. The Morgan fingerprint density at radius 1 is 1.08 bits per heavy atom. The first-order valence-electron chi connectivity index (χ1n) is 8.23. The maximum absolute atomic E-state index is 10.1. The van der Waals surface area contributed by atoms with Gasteiger partial charge in [-0.3, -0.25) is 0 Å². The first kappa shape index (κ1) is 16.2. The summed E-state index contributed by atoms with van der Waals surface area (Å²) in [6.07, 6.45) is 2.01. The van der Waals surface area contributed by atoms with Crippen LogP contribution in [0.5, 0.6) is 5.75 Å². The third-order valence-corrected chi connectivity index (χ3v) is 3.94. The molecule has 0 radical (unpaired) electrons. The molecule has 0 saturated heterocycles. The number of phenolic OH excluding ortho intramolecular Hbond substituents is 1. The number of nitrogens with two attached hydrogens (primary N) is 1. The van der Waals surface area contributed by atoms with Gasteiger partial charge in [0, 0.05) is 18.0 Å². The second-order valence-electron chi connectivity index (χ2n) is 5.86. The molecule has 1 aromatic heterocycles. The third kappa shape index (κ3) is 3.46. The Kier molecular flexibility index (Phi) is 4.91. The van der Waals surface area contributed by atoms with Gasteiger partial charge in [0.2, 0.25) is 0 Å². The van der Waals surface area contributed by atoms with Gasteiger partial charge in [-0.2, -0.15) is 0 Å². The zero-order chi connectivity index (χ0) is 16.9. The molecule has 0 bridgehead atoms. The smallest absolute Gasteiger partial charge is 0.165 e. The monoisotopic (exact) mass is 322 g/mol. The number of hydrogen-bond donors (Lipinski definition) is 3. The molecule has 24 heavy (non-hydrogen) atoms. The van der Waals surface area contributed by atoms with Gasteiger partial charge in [-0.25, -0.2) is 9.97 Å². The topological polar surface area (TPSA) is 84.1 Å². The minimum atomic E-state index is 0.0808. The van der Waals surface area contributed by atoms with Gasteiger partial charge < -0.3 is 16.2 Å². The van der Waals surface area contributed by atoms with Crippen molar-refractivity contribution < 1.29 is 5.11 Å². The Morgan fingerprint density at radius 2 is 1.83 bits per heavy atom. The van der Waals surface area contributed by atoms with Crippen LogP contribution in [-0.4, -0.2) is 27.7 Å². The SMILES string of the molecule is CCC[C@H](N)CNc1nc(-c2ccccc2O)nc2ccccc12. The maximum atomic E-state index is 10.1. The van der Waals surface area contributed by atoms with Crippen LogP contribution in [0.2, 0.25) is 0 Å². The summed E-state index contributed by atoms with van der Waals surface area (Å²) in [7, 11) is 0. The molecule has 3 rings (SSSR count). The van der Waals surface area contributed by atoms with E-state index in [0.29, 0.717) is 17.9 Å². The standard InChI is InChI=1S/C19H22N4O/c1-2-7-13(20)12-21-18-14-8-3-5-10-16(14)22-19(23-18)15-9-4-6-11-17(15)24/h3-6,8-11,13,24H,2,7,12,20H2,1H3,(H,21,22,23)/t13-/m0/s1. The number of hydrogen-bond acceptors (Lipinski definition) is 5. The molecule has 124 valence electrons. The van der Waals surface area contributed by atoms with Crippen molar-refractivity contribution in [1.82, 2.24) is 9.97 Å². The summed E-state index contributed by atoms with van der Waals surface area (Å²) in [4.78, 5) is 9.21. The van der Waals surface area contributed by atoms with E-state index in [1.54, 1.807) is 12.1 Å². The molecule has 4 N–H and O–H groups in total. The van der Waals surface area contributed by atoms with Crippen LogP contribution in [0.25, 0.3) is 22.3 Å². The molecule has 5 nitrogen and oxygen atoms in total. The average Bonchev–Trinajstić information content (AvgIpc) is 2.60. The van der Waals surface area contributed by atoms with Crippen LogP contribution in [0.4, 0.5) is 5.82 Å². The highest BCUT2D eigenvalue weighted by molar-refractivity contribution is 5.90. The van der Waals surface area contributed by atoms with Crippen molar-refractivity contribution in [3.63, 3.8) is 0 Å². The number of phenols is 1. The maximum Gasteiger partial charge on any atom is 0.165 e. The lowest BCUT2D eigenvalue weighted by atomic mass is 10.1. The quantitative estimate of drug-likeness (QED) is 0.646. The van der Waals surface area contributed by atoms with Crippen molar-refractivity contribution in [3.8, 4) is 17.1 Å². The Morgan fingerprint density at radius 3 is 2.62 bits per heavy atom. The second-order valence-corrected chi connectivity index (χ2v) is 5.86. The molecule has 0 saturated carbocycles. The van der Waals surface area contributed by atoms with Crippen LogP contribution in [0.15, 0.2) is 48.5 Å². The fourth-order valence-corrected chi connectivity index (χ4v) is 2.70. The summed E-state index contributed by atoms with van der Waals surface area (Å²) in [6, 6.07) is 15.0. The normalized spacial score (nSPS) is 12.2. The van der Waals surface area contributed by atoms with Gasteiger partial charge in [0.05, 0.1) is 11.1 Å². The van der Waals surface area contributed by atoms with Crippen molar-refractivity contribution in [3.05, 3.63) is 48.5 Å². The van der Waals surface area contributed by atoms with E-state index in [0.717, 1.165) is 29.6 Å². The van der Waals surface area contributed by atoms with Crippen LogP contribution < -0.4 is 11.1 Å². The van der Waals surface area contributed by atoms with E-state index in [4.69, 9.17) is 5.73 Å². The molecule has 5 heteroatoms. The number of benzene rings is 2. The van der Waals surface area contributed by atoms with Gasteiger partial charge in [-0.1, -0.05) is 37.6 Å². The van der Waals surface area contributed by atoms with Gasteiger partial charge in [0.15, 0.2) is 5.82 Å². The van der Waals surface area contributed by atoms with E-state index >= 15 is 0 Å². The van der Waals surface area contributed by atoms with Crippen molar-refractivity contribution in [2.75, 3.05) is 11.9 Å². The molecule has 1 heterocycles. The van der Waals surface area contributed by atoms with Crippen LogP contribution in [0, 0.1) is 0 Å². The van der Waals surface area contributed by atoms with Crippen molar-refractivity contribution >= 4 is 16.7 Å². The van der Waals surface area contributed by atoms with Crippen LogP contribution in [0.3, 0.4) is 0 Å². The highest BCUT2D eigenvalue weighted by Crippen LogP contribution is 2.29. The van der Waals surface area contributed by atoms with Crippen molar-refractivity contribution in [2.24, 2.45) is 5.73 Å². The summed E-state index contributed by atoms with van der Waals surface area (Å²) >= 11 is 0. The lowest BCUT2D eigenvalue weighted by molar-refractivity contribution is 0.477. The van der Waals surface area contributed by atoms with Gasteiger partial charge in [0.25, 0.3) is 0 Å². The summed E-state index contributed by atoms with van der Waals surface area (Å²) in [5.74, 6) is 1.41. The Balaban J connectivity index is 2.02. The molecule has 0 fully saturated rings. The second kappa shape index (κ2) is 7.27. The number of fused-ring (bicyclic) bond motifs is 1. The largest absolute Gasteiger partial charge is 0.507 e. The van der Waals surface area contributed by atoms with E-state index < -0.39 is 0 Å². The minimum Gasteiger partial charge on any atom is -0.507 e. The van der Waals surface area contributed by atoms with E-state index in [1.165, 1.54) is 0 Å². The number of anilines is 1. The first-order chi connectivity index (χ1) is 11.7. The predicted octanol–water partition coefficient (Wildman–Crippen LogP) is 3.54. The molecule has 0 aliphatic carbocycles. The Hall–Kier alpha value is -2.66. The first-order valence-corrected chi connectivity index (χ1v) is 8.23. The molecule has 0 spiro atoms. The highest BCUT2D eigenvalue weighted by Gasteiger charge is 2.12. The molecule has 3 aromatic rings. The number of para-hydroxylation sites is 2. The van der Waals surface area contributed by atoms with Crippen LogP contribution >= 0.6 is 0 Å². The van der Waals surface area contributed by atoms with Gasteiger partial charge in [0.1, 0.15) is 11.6 Å². The zero-order valence-electron chi connectivity index (χ0n) is 13.7. The van der Waals surface area contributed by atoms with Gasteiger partial charge in [-0.15, -0.1) is 0 Å². The molecule has 2 aromatic carbocycles. The molecule has 0 amide bonds. The van der Waals surface area contributed by atoms with Gasteiger partial charge in [-0.05, 0) is 30.7 Å². The number of nitrogens with zero attached hydrogens (tertiary/aromatic N) is 2. The molecular weight excluding hydrogens is 300 g/mol. The fourth-order valence-electron chi connectivity index (χ4n) is 2.70. The molecule has 1 atom stereocenters. The molecule has 0 unspecified atom stereocenters.